The monoisotopic (exact) mass is 288 g/mol. The lowest BCUT2D eigenvalue weighted by atomic mass is 9.86. The van der Waals surface area contributed by atoms with Crippen LogP contribution < -0.4 is 5.32 Å². The van der Waals surface area contributed by atoms with Crippen molar-refractivity contribution in [3.8, 4) is 0 Å². The van der Waals surface area contributed by atoms with Gasteiger partial charge in [-0.1, -0.05) is 31.5 Å². The first kappa shape index (κ1) is 14.4. The van der Waals surface area contributed by atoms with Crippen molar-refractivity contribution in [3.63, 3.8) is 0 Å². The van der Waals surface area contributed by atoms with Crippen molar-refractivity contribution in [3.05, 3.63) is 0 Å². The highest BCUT2D eigenvalue weighted by atomic mass is 32.2. The summed E-state index contributed by atoms with van der Waals surface area (Å²) in [5.74, 6) is 2.08. The number of fused-ring (bicyclic) bond motifs is 1. The van der Waals surface area contributed by atoms with E-state index in [-0.39, 0.29) is 5.25 Å². The Morgan fingerprint density at radius 1 is 1.50 bits per heavy atom. The van der Waals surface area contributed by atoms with Crippen LogP contribution >= 0.6 is 11.8 Å². The molecule has 4 unspecified atom stereocenters. The summed E-state index contributed by atoms with van der Waals surface area (Å²) in [6.07, 6.45) is 8.14. The minimum Gasteiger partial charge on any atom is -0.362 e. The summed E-state index contributed by atoms with van der Waals surface area (Å²) in [7, 11) is -0.720. The van der Waals surface area contributed by atoms with Crippen LogP contribution in [0.15, 0.2) is 4.99 Å². The van der Waals surface area contributed by atoms with Crippen LogP contribution in [0.4, 0.5) is 0 Å². The lowest BCUT2D eigenvalue weighted by Crippen LogP contribution is -2.46. The molecule has 4 atom stereocenters. The zero-order valence-electron chi connectivity index (χ0n) is 11.4. The number of hydrogen-bond donors (Lipinski definition) is 1. The fourth-order valence-corrected chi connectivity index (χ4v) is 4.21. The second-order valence-electron chi connectivity index (χ2n) is 5.39. The maximum Gasteiger partial charge on any atom is 0.156 e. The van der Waals surface area contributed by atoms with Crippen LogP contribution in [0.5, 0.6) is 0 Å². The molecule has 1 heterocycles. The Balaban J connectivity index is 1.78. The van der Waals surface area contributed by atoms with Crippen molar-refractivity contribution in [2.75, 3.05) is 18.6 Å². The number of aliphatic imine (C=N–C) groups is 1. The lowest BCUT2D eigenvalue weighted by Gasteiger charge is -2.36. The number of nitrogens with zero attached hydrogens (tertiary/aromatic N) is 1. The Bertz CT molecular complexity index is 333. The molecule has 2 rings (SSSR count). The second-order valence-corrected chi connectivity index (χ2v) is 8.20. The van der Waals surface area contributed by atoms with Gasteiger partial charge in [-0.15, -0.1) is 0 Å². The molecule has 0 radical (unpaired) electrons. The summed E-state index contributed by atoms with van der Waals surface area (Å²) in [5.41, 5.74) is 0. The Labute approximate surface area is 117 Å². The maximum atomic E-state index is 11.3. The highest BCUT2D eigenvalue weighted by Crippen LogP contribution is 2.31. The van der Waals surface area contributed by atoms with Crippen LogP contribution in [0.2, 0.25) is 0 Å². The fraction of sp³-hybridized carbons (Fsp3) is 0.923. The average Bonchev–Trinajstić information content (AvgIpc) is 2.38. The van der Waals surface area contributed by atoms with Crippen LogP contribution in [-0.4, -0.2) is 39.2 Å². The van der Waals surface area contributed by atoms with Gasteiger partial charge in [-0.25, -0.2) is 0 Å². The van der Waals surface area contributed by atoms with Crippen LogP contribution in [0, 0.1) is 5.92 Å². The summed E-state index contributed by atoms with van der Waals surface area (Å²) in [5, 5.41) is 4.97. The molecule has 1 saturated carbocycles. The van der Waals surface area contributed by atoms with Gasteiger partial charge in [-0.05, 0) is 25.2 Å². The Morgan fingerprint density at radius 2 is 2.28 bits per heavy atom. The molecule has 0 amide bonds. The van der Waals surface area contributed by atoms with E-state index in [1.165, 1.54) is 31.4 Å². The molecule has 1 saturated heterocycles. The highest BCUT2D eigenvalue weighted by molar-refractivity contribution is 8.13. The van der Waals surface area contributed by atoms with Gasteiger partial charge in [-0.2, -0.15) is 0 Å². The van der Waals surface area contributed by atoms with E-state index < -0.39 is 10.8 Å². The molecule has 18 heavy (non-hydrogen) atoms. The van der Waals surface area contributed by atoms with Gasteiger partial charge in [0.15, 0.2) is 5.17 Å². The van der Waals surface area contributed by atoms with Crippen molar-refractivity contribution in [1.29, 1.82) is 0 Å². The van der Waals surface area contributed by atoms with Gasteiger partial charge in [0.1, 0.15) is 0 Å². The third kappa shape index (κ3) is 3.98. The van der Waals surface area contributed by atoms with Gasteiger partial charge in [0.2, 0.25) is 0 Å². The van der Waals surface area contributed by atoms with Crippen LogP contribution in [-0.2, 0) is 10.8 Å². The zero-order chi connectivity index (χ0) is 13.0. The molecular weight excluding hydrogens is 264 g/mol. The Kier molecular flexibility index (Phi) is 5.55. The van der Waals surface area contributed by atoms with E-state index in [4.69, 9.17) is 0 Å². The first-order chi connectivity index (χ1) is 8.66. The molecule has 0 spiro atoms. The van der Waals surface area contributed by atoms with E-state index in [2.05, 4.69) is 10.3 Å². The Hall–Kier alpha value is -0.0300. The molecule has 2 fully saturated rings. The standard InChI is InChI=1S/C13H24N2OS2/c1-10(18(2)16)7-8-14-13-15-12-6-4-3-5-11(12)9-17-13/h10-12H,3-9H2,1-2H3,(H,14,15). The molecule has 1 N–H and O–H groups in total. The molecule has 1 aliphatic carbocycles. The van der Waals surface area contributed by atoms with Crippen LogP contribution in [0.1, 0.15) is 39.0 Å². The molecule has 0 aromatic heterocycles. The molecular formula is C13H24N2OS2. The van der Waals surface area contributed by atoms with Crippen LogP contribution in [0.25, 0.3) is 0 Å². The van der Waals surface area contributed by atoms with Gasteiger partial charge >= 0.3 is 0 Å². The predicted molar refractivity (Wildman–Crippen MR) is 81.8 cm³/mol. The first-order valence-electron chi connectivity index (χ1n) is 6.93. The quantitative estimate of drug-likeness (QED) is 0.863. The van der Waals surface area contributed by atoms with Crippen LogP contribution in [0.3, 0.4) is 0 Å². The normalized spacial score (nSPS) is 33.6. The summed E-state index contributed by atoms with van der Waals surface area (Å²) in [4.78, 5) is 4.63. The molecule has 0 bridgehead atoms. The Morgan fingerprint density at radius 3 is 3.06 bits per heavy atom. The summed E-state index contributed by atoms with van der Waals surface area (Å²) in [6, 6.07) is 0.663. The minimum absolute atomic E-state index is 0.255. The molecule has 0 aromatic carbocycles. The fourth-order valence-electron chi connectivity index (χ4n) is 2.59. The number of amidine groups is 1. The predicted octanol–water partition coefficient (Wildman–Crippen LogP) is 2.39. The topological polar surface area (TPSA) is 41.5 Å². The smallest absolute Gasteiger partial charge is 0.156 e. The van der Waals surface area contributed by atoms with E-state index in [1.807, 2.05) is 18.7 Å². The summed E-state index contributed by atoms with van der Waals surface area (Å²) < 4.78 is 11.3. The van der Waals surface area contributed by atoms with Crippen molar-refractivity contribution in [2.24, 2.45) is 10.9 Å². The van der Waals surface area contributed by atoms with E-state index in [9.17, 15) is 4.21 Å². The van der Waals surface area contributed by atoms with E-state index >= 15 is 0 Å². The number of nitrogens with one attached hydrogen (secondary N) is 1. The van der Waals surface area contributed by atoms with E-state index in [0.29, 0.717) is 6.04 Å². The molecule has 1 aliphatic heterocycles. The lowest BCUT2D eigenvalue weighted by molar-refractivity contribution is 0.311. The largest absolute Gasteiger partial charge is 0.362 e. The summed E-state index contributed by atoms with van der Waals surface area (Å²) >= 11 is 1.87. The molecule has 104 valence electrons. The second kappa shape index (κ2) is 6.94. The molecule has 5 heteroatoms. The van der Waals surface area contributed by atoms with Crippen molar-refractivity contribution < 1.29 is 4.21 Å². The third-order valence-electron chi connectivity index (χ3n) is 4.01. The van der Waals surface area contributed by atoms with Gasteiger partial charge < -0.3 is 5.32 Å². The van der Waals surface area contributed by atoms with Gasteiger partial charge in [-0.3, -0.25) is 9.20 Å². The van der Waals surface area contributed by atoms with Crippen molar-refractivity contribution in [1.82, 2.24) is 5.32 Å². The SMILES string of the molecule is CC(CCN=C1NC2CCCCC2CS1)S(C)=O. The zero-order valence-corrected chi connectivity index (χ0v) is 13.0. The minimum atomic E-state index is -0.720. The van der Waals surface area contributed by atoms with E-state index in [1.54, 1.807) is 6.26 Å². The maximum absolute atomic E-state index is 11.3. The molecule has 2 aliphatic rings. The average molecular weight is 288 g/mol. The highest BCUT2D eigenvalue weighted by Gasteiger charge is 2.30. The number of thioether (sulfide) groups is 1. The van der Waals surface area contributed by atoms with Gasteiger partial charge in [0.05, 0.1) is 0 Å². The summed E-state index contributed by atoms with van der Waals surface area (Å²) in [6.45, 7) is 2.84. The van der Waals surface area contributed by atoms with Crippen molar-refractivity contribution >= 4 is 27.7 Å². The number of hydrogen-bond acceptors (Lipinski definition) is 3. The molecule has 3 nitrogen and oxygen atoms in total. The van der Waals surface area contributed by atoms with Gasteiger partial charge in [0.25, 0.3) is 0 Å². The first-order valence-corrected chi connectivity index (χ1v) is 9.53. The van der Waals surface area contributed by atoms with Crippen molar-refractivity contribution in [2.45, 2.75) is 50.3 Å². The molecule has 0 aromatic rings. The number of rotatable bonds is 4. The third-order valence-corrected chi connectivity index (χ3v) is 6.49. The van der Waals surface area contributed by atoms with Gasteiger partial charge in [0, 0.05) is 40.6 Å². The van der Waals surface area contributed by atoms with E-state index in [0.717, 1.165) is 24.1 Å².